The zero-order valence-corrected chi connectivity index (χ0v) is 11.0. The van der Waals surface area contributed by atoms with Crippen molar-refractivity contribution in [2.75, 3.05) is 13.2 Å². The number of nitrogens with one attached hydrogen (secondary N) is 1. The van der Waals surface area contributed by atoms with Gasteiger partial charge in [-0.3, -0.25) is 0 Å². The highest BCUT2D eigenvalue weighted by Crippen LogP contribution is 2.18. The maximum absolute atomic E-state index is 13.5. The summed E-state index contributed by atoms with van der Waals surface area (Å²) in [6.07, 6.45) is 5.04. The highest BCUT2D eigenvalue weighted by Gasteiger charge is 2.15. The first-order valence-corrected chi connectivity index (χ1v) is 6.87. The zero-order valence-electron chi connectivity index (χ0n) is 11.0. The maximum atomic E-state index is 13.5. The van der Waals surface area contributed by atoms with Crippen LogP contribution in [-0.4, -0.2) is 19.3 Å². The molecular formula is C15H22FNO. The van der Waals surface area contributed by atoms with E-state index >= 15 is 0 Å². The lowest BCUT2D eigenvalue weighted by Crippen LogP contribution is -2.21. The minimum atomic E-state index is -0.128. The standard InChI is InChI=1S/C15H22FNO/c1-12(14-8-2-3-9-15(14)16)17-10-4-6-13-7-5-11-18-13/h2-3,8-9,12-13,17H,4-7,10-11H2,1H3. The number of halogens is 1. The summed E-state index contributed by atoms with van der Waals surface area (Å²) in [5.74, 6) is -0.128. The molecule has 100 valence electrons. The summed E-state index contributed by atoms with van der Waals surface area (Å²) in [4.78, 5) is 0. The molecule has 2 rings (SSSR count). The van der Waals surface area contributed by atoms with Gasteiger partial charge in [0.05, 0.1) is 6.10 Å². The van der Waals surface area contributed by atoms with E-state index in [4.69, 9.17) is 4.74 Å². The molecule has 1 heterocycles. The smallest absolute Gasteiger partial charge is 0.127 e. The van der Waals surface area contributed by atoms with Crippen molar-refractivity contribution in [3.8, 4) is 0 Å². The van der Waals surface area contributed by atoms with Gasteiger partial charge in [0, 0.05) is 18.2 Å². The van der Waals surface area contributed by atoms with Crippen molar-refractivity contribution in [2.24, 2.45) is 0 Å². The molecule has 1 aromatic carbocycles. The normalized spacial score (nSPS) is 21.1. The van der Waals surface area contributed by atoms with Crippen LogP contribution >= 0.6 is 0 Å². The number of hydrogen-bond acceptors (Lipinski definition) is 2. The van der Waals surface area contributed by atoms with Gasteiger partial charge >= 0.3 is 0 Å². The van der Waals surface area contributed by atoms with E-state index in [1.165, 1.54) is 18.9 Å². The summed E-state index contributed by atoms with van der Waals surface area (Å²) in [7, 11) is 0. The Morgan fingerprint density at radius 3 is 3.00 bits per heavy atom. The molecule has 0 saturated carbocycles. The molecule has 1 fully saturated rings. The third-order valence-corrected chi connectivity index (χ3v) is 3.55. The summed E-state index contributed by atoms with van der Waals surface area (Å²) >= 11 is 0. The Labute approximate surface area is 109 Å². The Bertz CT molecular complexity index is 363. The van der Waals surface area contributed by atoms with Crippen molar-refractivity contribution in [2.45, 2.75) is 44.8 Å². The molecular weight excluding hydrogens is 229 g/mol. The Morgan fingerprint density at radius 2 is 2.28 bits per heavy atom. The molecule has 0 radical (unpaired) electrons. The second-order valence-corrected chi connectivity index (χ2v) is 4.97. The molecule has 2 nitrogen and oxygen atoms in total. The second-order valence-electron chi connectivity index (χ2n) is 4.97. The predicted molar refractivity (Wildman–Crippen MR) is 71.0 cm³/mol. The summed E-state index contributed by atoms with van der Waals surface area (Å²) in [6, 6.07) is 7.02. The van der Waals surface area contributed by atoms with Gasteiger partial charge < -0.3 is 10.1 Å². The molecule has 18 heavy (non-hydrogen) atoms. The third-order valence-electron chi connectivity index (χ3n) is 3.55. The molecule has 3 heteroatoms. The van der Waals surface area contributed by atoms with Gasteiger partial charge in [0.15, 0.2) is 0 Å². The van der Waals surface area contributed by atoms with E-state index in [1.807, 2.05) is 19.1 Å². The van der Waals surface area contributed by atoms with Crippen LogP contribution in [0.4, 0.5) is 4.39 Å². The van der Waals surface area contributed by atoms with Gasteiger partial charge in [-0.25, -0.2) is 4.39 Å². The fraction of sp³-hybridized carbons (Fsp3) is 0.600. The number of rotatable bonds is 6. The summed E-state index contributed by atoms with van der Waals surface area (Å²) in [5.41, 5.74) is 0.745. The monoisotopic (exact) mass is 251 g/mol. The van der Waals surface area contributed by atoms with Crippen LogP contribution < -0.4 is 5.32 Å². The Hall–Kier alpha value is -0.930. The molecule has 1 aliphatic heterocycles. The molecule has 0 amide bonds. The van der Waals surface area contributed by atoms with Gasteiger partial charge in [-0.15, -0.1) is 0 Å². The van der Waals surface area contributed by atoms with Gasteiger partial charge in [-0.1, -0.05) is 18.2 Å². The van der Waals surface area contributed by atoms with Gasteiger partial charge in [-0.2, -0.15) is 0 Å². The predicted octanol–water partition coefficient (Wildman–Crippen LogP) is 3.44. The van der Waals surface area contributed by atoms with Crippen molar-refractivity contribution in [1.82, 2.24) is 5.32 Å². The maximum Gasteiger partial charge on any atom is 0.127 e. The SMILES string of the molecule is CC(NCCCC1CCCO1)c1ccccc1F. The highest BCUT2D eigenvalue weighted by molar-refractivity contribution is 5.20. The van der Waals surface area contributed by atoms with Crippen LogP contribution in [0.2, 0.25) is 0 Å². The van der Waals surface area contributed by atoms with Crippen LogP contribution in [0.5, 0.6) is 0 Å². The molecule has 2 atom stereocenters. The van der Waals surface area contributed by atoms with Crippen LogP contribution in [0.25, 0.3) is 0 Å². The molecule has 1 N–H and O–H groups in total. The molecule has 0 aromatic heterocycles. The largest absolute Gasteiger partial charge is 0.378 e. The molecule has 2 unspecified atom stereocenters. The number of ether oxygens (including phenoxy) is 1. The van der Waals surface area contributed by atoms with Crippen molar-refractivity contribution in [3.05, 3.63) is 35.6 Å². The first-order valence-electron chi connectivity index (χ1n) is 6.87. The van der Waals surface area contributed by atoms with Crippen molar-refractivity contribution in [1.29, 1.82) is 0 Å². The van der Waals surface area contributed by atoms with E-state index in [9.17, 15) is 4.39 Å². The van der Waals surface area contributed by atoms with E-state index in [2.05, 4.69) is 5.32 Å². The first kappa shape index (κ1) is 13.5. The summed E-state index contributed by atoms with van der Waals surface area (Å²) in [6.45, 7) is 3.84. The van der Waals surface area contributed by atoms with Gasteiger partial charge in [0.25, 0.3) is 0 Å². The second kappa shape index (κ2) is 6.86. The molecule has 0 bridgehead atoms. The average Bonchev–Trinajstić information content (AvgIpc) is 2.88. The van der Waals surface area contributed by atoms with Gasteiger partial charge in [0.1, 0.15) is 5.82 Å². The van der Waals surface area contributed by atoms with Gasteiger partial charge in [-0.05, 0) is 45.2 Å². The molecule has 0 aliphatic carbocycles. The minimum Gasteiger partial charge on any atom is -0.378 e. The van der Waals surface area contributed by atoms with Crippen LogP contribution in [-0.2, 0) is 4.74 Å². The molecule has 0 spiro atoms. The third kappa shape index (κ3) is 3.79. The van der Waals surface area contributed by atoms with Crippen LogP contribution in [0.1, 0.15) is 44.2 Å². The molecule has 1 saturated heterocycles. The topological polar surface area (TPSA) is 21.3 Å². The Balaban J connectivity index is 1.68. The van der Waals surface area contributed by atoms with E-state index in [0.29, 0.717) is 6.10 Å². The van der Waals surface area contributed by atoms with Crippen molar-refractivity contribution in [3.63, 3.8) is 0 Å². The lowest BCUT2D eigenvalue weighted by atomic mass is 10.1. The zero-order chi connectivity index (χ0) is 12.8. The van der Waals surface area contributed by atoms with E-state index in [0.717, 1.165) is 31.6 Å². The first-order chi connectivity index (χ1) is 8.77. The fourth-order valence-corrected chi connectivity index (χ4v) is 2.46. The summed E-state index contributed by atoms with van der Waals surface area (Å²) in [5, 5.41) is 3.37. The van der Waals surface area contributed by atoms with E-state index in [1.54, 1.807) is 6.07 Å². The number of benzene rings is 1. The van der Waals surface area contributed by atoms with Gasteiger partial charge in [0.2, 0.25) is 0 Å². The van der Waals surface area contributed by atoms with E-state index < -0.39 is 0 Å². The van der Waals surface area contributed by atoms with Crippen molar-refractivity contribution >= 4 is 0 Å². The molecule has 1 aromatic rings. The number of hydrogen-bond donors (Lipinski definition) is 1. The fourth-order valence-electron chi connectivity index (χ4n) is 2.46. The van der Waals surface area contributed by atoms with Crippen LogP contribution in [0.15, 0.2) is 24.3 Å². The Morgan fingerprint density at radius 1 is 1.44 bits per heavy atom. The van der Waals surface area contributed by atoms with Crippen LogP contribution in [0.3, 0.4) is 0 Å². The van der Waals surface area contributed by atoms with Crippen LogP contribution in [0, 0.1) is 5.82 Å². The van der Waals surface area contributed by atoms with Crippen molar-refractivity contribution < 1.29 is 9.13 Å². The average molecular weight is 251 g/mol. The molecule has 1 aliphatic rings. The summed E-state index contributed by atoms with van der Waals surface area (Å²) < 4.78 is 19.1. The highest BCUT2D eigenvalue weighted by atomic mass is 19.1. The quantitative estimate of drug-likeness (QED) is 0.782. The van der Waals surface area contributed by atoms with E-state index in [-0.39, 0.29) is 11.9 Å². The minimum absolute atomic E-state index is 0.0655. The lowest BCUT2D eigenvalue weighted by molar-refractivity contribution is 0.102. The lowest BCUT2D eigenvalue weighted by Gasteiger charge is -2.15. The Kier molecular flexibility index (Phi) is 5.14.